The Morgan fingerprint density at radius 2 is 2.19 bits per heavy atom. The quantitative estimate of drug-likeness (QED) is 0.894. The topological polar surface area (TPSA) is 70.2 Å². The van der Waals surface area contributed by atoms with E-state index in [9.17, 15) is 4.79 Å². The molecule has 1 amide bonds. The Kier molecular flexibility index (Phi) is 3.77. The number of nitrogens with one attached hydrogen (secondary N) is 2. The lowest BCUT2D eigenvalue weighted by Gasteiger charge is -2.25. The van der Waals surface area contributed by atoms with Crippen LogP contribution < -0.4 is 10.6 Å². The molecule has 2 aromatic heterocycles. The molecule has 1 fully saturated rings. The van der Waals surface area contributed by atoms with Crippen molar-refractivity contribution in [3.05, 3.63) is 16.3 Å². The summed E-state index contributed by atoms with van der Waals surface area (Å²) in [6.45, 7) is 6.76. The number of piperazine rings is 1. The standard InChI is InChI=1S/C14H19N5OS/c1-8-9(2)21-14-12(8)13(15-3)17-10(18-14)6-19-5-4-16-11(20)7-19/h4-7H2,1-3H3,(H,16,20)(H,15,17,18). The number of hydrogen-bond acceptors (Lipinski definition) is 6. The van der Waals surface area contributed by atoms with E-state index in [4.69, 9.17) is 0 Å². The molecule has 3 rings (SSSR count). The van der Waals surface area contributed by atoms with E-state index in [1.54, 1.807) is 11.3 Å². The minimum Gasteiger partial charge on any atom is -0.372 e. The molecule has 0 bridgehead atoms. The average Bonchev–Trinajstić information content (AvgIpc) is 2.73. The first-order chi connectivity index (χ1) is 10.1. The van der Waals surface area contributed by atoms with E-state index in [-0.39, 0.29) is 5.91 Å². The van der Waals surface area contributed by atoms with Crippen LogP contribution in [0.25, 0.3) is 10.2 Å². The molecule has 3 heterocycles. The van der Waals surface area contributed by atoms with Crippen LogP contribution >= 0.6 is 11.3 Å². The van der Waals surface area contributed by atoms with Gasteiger partial charge in [0.15, 0.2) is 0 Å². The highest BCUT2D eigenvalue weighted by Gasteiger charge is 2.19. The van der Waals surface area contributed by atoms with E-state index < -0.39 is 0 Å². The van der Waals surface area contributed by atoms with E-state index in [2.05, 4.69) is 39.3 Å². The third-order valence-corrected chi connectivity index (χ3v) is 4.90. The van der Waals surface area contributed by atoms with Crippen LogP contribution in [-0.2, 0) is 11.3 Å². The molecule has 1 aliphatic heterocycles. The van der Waals surface area contributed by atoms with E-state index in [0.717, 1.165) is 28.4 Å². The largest absolute Gasteiger partial charge is 0.372 e. The van der Waals surface area contributed by atoms with E-state index in [1.807, 2.05) is 7.05 Å². The number of aromatic nitrogens is 2. The van der Waals surface area contributed by atoms with Crippen molar-refractivity contribution < 1.29 is 4.79 Å². The first-order valence-corrected chi connectivity index (χ1v) is 7.83. The molecular formula is C14H19N5OS. The Morgan fingerprint density at radius 1 is 1.38 bits per heavy atom. The Hall–Kier alpha value is -1.73. The minimum absolute atomic E-state index is 0.0685. The zero-order valence-corrected chi connectivity index (χ0v) is 13.3. The van der Waals surface area contributed by atoms with Gasteiger partial charge in [0.05, 0.1) is 18.5 Å². The van der Waals surface area contributed by atoms with Gasteiger partial charge in [-0.3, -0.25) is 9.69 Å². The van der Waals surface area contributed by atoms with Gasteiger partial charge in [0.25, 0.3) is 0 Å². The fourth-order valence-corrected chi connectivity index (χ4v) is 3.62. The number of rotatable bonds is 3. The van der Waals surface area contributed by atoms with Crippen LogP contribution in [0.4, 0.5) is 5.82 Å². The molecular weight excluding hydrogens is 286 g/mol. The molecule has 0 radical (unpaired) electrons. The highest BCUT2D eigenvalue weighted by Crippen LogP contribution is 2.33. The second-order valence-electron chi connectivity index (χ2n) is 5.26. The maximum absolute atomic E-state index is 11.4. The molecule has 1 aliphatic rings. The Labute approximate surface area is 127 Å². The fraction of sp³-hybridized carbons (Fsp3) is 0.500. The molecule has 2 N–H and O–H groups in total. The Balaban J connectivity index is 1.94. The van der Waals surface area contributed by atoms with Gasteiger partial charge in [-0.15, -0.1) is 11.3 Å². The summed E-state index contributed by atoms with van der Waals surface area (Å²) in [6.07, 6.45) is 0. The number of anilines is 1. The fourth-order valence-electron chi connectivity index (χ4n) is 2.57. The highest BCUT2D eigenvalue weighted by atomic mass is 32.1. The van der Waals surface area contributed by atoms with E-state index in [0.29, 0.717) is 19.6 Å². The molecule has 2 aromatic rings. The third-order valence-electron chi connectivity index (χ3n) is 3.79. The van der Waals surface area contributed by atoms with E-state index >= 15 is 0 Å². The summed E-state index contributed by atoms with van der Waals surface area (Å²) in [4.78, 5) is 25.1. The molecule has 0 atom stereocenters. The molecule has 112 valence electrons. The molecule has 7 heteroatoms. The number of carbonyl (C=O) groups excluding carboxylic acids is 1. The number of thiophene rings is 1. The first kappa shape index (κ1) is 14.2. The van der Waals surface area contributed by atoms with Crippen LogP contribution in [0.1, 0.15) is 16.3 Å². The van der Waals surface area contributed by atoms with Crippen molar-refractivity contribution in [1.82, 2.24) is 20.2 Å². The van der Waals surface area contributed by atoms with Crippen molar-refractivity contribution in [3.8, 4) is 0 Å². The van der Waals surface area contributed by atoms with Crippen molar-refractivity contribution in [2.75, 3.05) is 32.0 Å². The molecule has 0 unspecified atom stereocenters. The smallest absolute Gasteiger partial charge is 0.234 e. The van der Waals surface area contributed by atoms with Crippen LogP contribution in [-0.4, -0.2) is 47.5 Å². The minimum atomic E-state index is 0.0685. The molecule has 21 heavy (non-hydrogen) atoms. The number of hydrogen-bond donors (Lipinski definition) is 2. The molecule has 0 aliphatic carbocycles. The number of amides is 1. The van der Waals surface area contributed by atoms with Crippen LogP contribution in [0.3, 0.4) is 0 Å². The molecule has 0 aromatic carbocycles. The van der Waals surface area contributed by atoms with E-state index in [1.165, 1.54) is 10.4 Å². The number of aryl methyl sites for hydroxylation is 2. The van der Waals surface area contributed by atoms with Crippen LogP contribution in [0.5, 0.6) is 0 Å². The average molecular weight is 305 g/mol. The van der Waals surface area contributed by atoms with Gasteiger partial charge < -0.3 is 10.6 Å². The summed E-state index contributed by atoms with van der Waals surface area (Å²) in [5.41, 5.74) is 1.24. The van der Waals surface area contributed by atoms with Crippen molar-refractivity contribution >= 4 is 33.3 Å². The van der Waals surface area contributed by atoms with Crippen LogP contribution in [0, 0.1) is 13.8 Å². The first-order valence-electron chi connectivity index (χ1n) is 7.02. The van der Waals surface area contributed by atoms with Crippen molar-refractivity contribution in [3.63, 3.8) is 0 Å². The van der Waals surface area contributed by atoms with Gasteiger partial charge in [0, 0.05) is 25.0 Å². The zero-order chi connectivity index (χ0) is 15.0. The summed E-state index contributed by atoms with van der Waals surface area (Å²) >= 11 is 1.70. The molecule has 0 saturated carbocycles. The molecule has 6 nitrogen and oxygen atoms in total. The van der Waals surface area contributed by atoms with Gasteiger partial charge in [0.1, 0.15) is 16.5 Å². The number of nitrogens with zero attached hydrogens (tertiary/aromatic N) is 3. The van der Waals surface area contributed by atoms with Crippen LogP contribution in [0.15, 0.2) is 0 Å². The Morgan fingerprint density at radius 3 is 2.90 bits per heavy atom. The van der Waals surface area contributed by atoms with Gasteiger partial charge in [-0.2, -0.15) is 0 Å². The predicted molar refractivity (Wildman–Crippen MR) is 84.7 cm³/mol. The predicted octanol–water partition coefficient (Wildman–Crippen LogP) is 1.28. The van der Waals surface area contributed by atoms with Crippen molar-refractivity contribution in [1.29, 1.82) is 0 Å². The molecule has 1 saturated heterocycles. The number of fused-ring (bicyclic) bond motifs is 1. The maximum atomic E-state index is 11.4. The second-order valence-corrected chi connectivity index (χ2v) is 6.47. The van der Waals surface area contributed by atoms with Crippen LogP contribution in [0.2, 0.25) is 0 Å². The lowest BCUT2D eigenvalue weighted by atomic mass is 10.2. The number of carbonyl (C=O) groups is 1. The van der Waals surface area contributed by atoms with Crippen molar-refractivity contribution in [2.45, 2.75) is 20.4 Å². The summed E-state index contributed by atoms with van der Waals surface area (Å²) < 4.78 is 0. The summed E-state index contributed by atoms with van der Waals surface area (Å²) in [5.74, 6) is 1.71. The van der Waals surface area contributed by atoms with Gasteiger partial charge in [-0.1, -0.05) is 0 Å². The highest BCUT2D eigenvalue weighted by molar-refractivity contribution is 7.18. The maximum Gasteiger partial charge on any atom is 0.234 e. The van der Waals surface area contributed by atoms with Gasteiger partial charge in [0.2, 0.25) is 5.91 Å². The lowest BCUT2D eigenvalue weighted by Crippen LogP contribution is -2.47. The second kappa shape index (κ2) is 5.57. The summed E-state index contributed by atoms with van der Waals surface area (Å²) in [5, 5.41) is 7.11. The zero-order valence-electron chi connectivity index (χ0n) is 12.5. The summed E-state index contributed by atoms with van der Waals surface area (Å²) in [6, 6.07) is 0. The van der Waals surface area contributed by atoms with Gasteiger partial charge >= 0.3 is 0 Å². The molecule has 0 spiro atoms. The Bertz CT molecular complexity index is 696. The van der Waals surface area contributed by atoms with Gasteiger partial charge in [-0.25, -0.2) is 9.97 Å². The van der Waals surface area contributed by atoms with Gasteiger partial charge in [-0.05, 0) is 19.4 Å². The third kappa shape index (κ3) is 2.71. The monoisotopic (exact) mass is 305 g/mol. The summed E-state index contributed by atoms with van der Waals surface area (Å²) in [7, 11) is 1.88. The van der Waals surface area contributed by atoms with Crippen molar-refractivity contribution in [2.24, 2.45) is 0 Å². The lowest BCUT2D eigenvalue weighted by molar-refractivity contribution is -0.124. The SMILES string of the molecule is CNc1nc(CN2CCNC(=O)C2)nc2sc(C)c(C)c12. The normalized spacial score (nSPS) is 16.2.